The molecule has 0 aromatic rings. The van der Waals surface area contributed by atoms with E-state index in [1.165, 1.54) is 0 Å². The maximum Gasteiger partial charge on any atom is 0.127 e. The third-order valence-corrected chi connectivity index (χ3v) is 1.34. The minimum absolute atomic E-state index is 0.429. The van der Waals surface area contributed by atoms with Crippen LogP contribution in [-0.2, 0) is 0 Å². The van der Waals surface area contributed by atoms with Gasteiger partial charge in [0, 0.05) is 6.54 Å². The lowest BCUT2D eigenvalue weighted by Gasteiger charge is -2.03. The van der Waals surface area contributed by atoms with Gasteiger partial charge in [-0.25, -0.2) is 0 Å². The molecule has 1 fully saturated rings. The summed E-state index contributed by atoms with van der Waals surface area (Å²) in [5, 5.41) is 8.80. The highest BCUT2D eigenvalue weighted by Crippen LogP contribution is 2.15. The summed E-state index contributed by atoms with van der Waals surface area (Å²) in [6, 6.07) is 1.40. The number of halogens is 1. The first-order valence-electron chi connectivity index (χ1n) is 2.66. The standard InChI is InChI=1S/C5H7FN2/c6-8-3-1-2-5(8)4-7/h5H,1-3H2/t5-/m0/s1. The van der Waals surface area contributed by atoms with Gasteiger partial charge in [0.25, 0.3) is 0 Å². The van der Waals surface area contributed by atoms with Crippen LogP contribution >= 0.6 is 0 Å². The highest BCUT2D eigenvalue weighted by Gasteiger charge is 2.23. The first-order chi connectivity index (χ1) is 3.84. The second-order valence-corrected chi connectivity index (χ2v) is 1.91. The third-order valence-electron chi connectivity index (χ3n) is 1.34. The second-order valence-electron chi connectivity index (χ2n) is 1.91. The average Bonchev–Trinajstić information content (AvgIpc) is 2.14. The minimum Gasteiger partial charge on any atom is -0.196 e. The van der Waals surface area contributed by atoms with Crippen molar-refractivity contribution in [3.63, 3.8) is 0 Å². The van der Waals surface area contributed by atoms with Crippen molar-refractivity contribution < 1.29 is 4.48 Å². The van der Waals surface area contributed by atoms with E-state index >= 15 is 0 Å². The number of hydrogen-bond donors (Lipinski definition) is 0. The van der Waals surface area contributed by atoms with Crippen molar-refractivity contribution in [1.29, 1.82) is 5.26 Å². The van der Waals surface area contributed by atoms with Gasteiger partial charge in [-0.2, -0.15) is 5.26 Å². The lowest BCUT2D eigenvalue weighted by Crippen LogP contribution is -2.17. The van der Waals surface area contributed by atoms with E-state index in [1.807, 2.05) is 6.07 Å². The lowest BCUT2D eigenvalue weighted by atomic mass is 10.2. The first kappa shape index (κ1) is 5.52. The Hall–Kier alpha value is -0.620. The van der Waals surface area contributed by atoms with E-state index in [1.54, 1.807) is 0 Å². The van der Waals surface area contributed by atoms with Crippen molar-refractivity contribution in [2.75, 3.05) is 6.54 Å². The molecule has 8 heavy (non-hydrogen) atoms. The van der Waals surface area contributed by atoms with Gasteiger partial charge in [-0.1, -0.05) is 0 Å². The van der Waals surface area contributed by atoms with E-state index < -0.39 is 6.04 Å². The topological polar surface area (TPSA) is 27.0 Å². The van der Waals surface area contributed by atoms with Crippen molar-refractivity contribution in [2.24, 2.45) is 0 Å². The second kappa shape index (κ2) is 2.10. The van der Waals surface area contributed by atoms with E-state index in [2.05, 4.69) is 0 Å². The van der Waals surface area contributed by atoms with Gasteiger partial charge in [0.15, 0.2) is 0 Å². The molecular formula is C5H7FN2. The molecule has 2 nitrogen and oxygen atoms in total. The molecule has 1 saturated heterocycles. The molecule has 0 aliphatic carbocycles. The summed E-state index contributed by atoms with van der Waals surface area (Å²) in [4.78, 5) is 0. The highest BCUT2D eigenvalue weighted by atomic mass is 19.2. The zero-order chi connectivity index (χ0) is 5.98. The molecule has 44 valence electrons. The van der Waals surface area contributed by atoms with Crippen LogP contribution < -0.4 is 0 Å². The van der Waals surface area contributed by atoms with Crippen LogP contribution in [0.3, 0.4) is 0 Å². The van der Waals surface area contributed by atoms with E-state index in [0.717, 1.165) is 6.42 Å². The molecule has 0 amide bonds. The molecule has 1 aliphatic rings. The molecule has 1 aliphatic heterocycles. The fourth-order valence-electron chi connectivity index (χ4n) is 0.859. The van der Waals surface area contributed by atoms with Crippen LogP contribution in [0.15, 0.2) is 0 Å². The van der Waals surface area contributed by atoms with Crippen molar-refractivity contribution in [3.8, 4) is 6.07 Å². The van der Waals surface area contributed by atoms with Crippen LogP contribution in [-0.4, -0.2) is 17.7 Å². The van der Waals surface area contributed by atoms with Gasteiger partial charge in [0.1, 0.15) is 6.04 Å². The van der Waals surface area contributed by atoms with E-state index in [0.29, 0.717) is 18.1 Å². The number of rotatable bonds is 0. The molecule has 0 aromatic heterocycles. The summed E-state index contributed by atoms with van der Waals surface area (Å²) in [5.74, 6) is 0. The van der Waals surface area contributed by atoms with Crippen LogP contribution in [0.25, 0.3) is 0 Å². The fraction of sp³-hybridized carbons (Fsp3) is 0.800. The van der Waals surface area contributed by atoms with E-state index in [9.17, 15) is 4.48 Å². The molecule has 0 N–H and O–H groups in total. The predicted octanol–water partition coefficient (Wildman–Crippen LogP) is 0.859. The lowest BCUT2D eigenvalue weighted by molar-refractivity contribution is 0.0320. The van der Waals surface area contributed by atoms with Crippen LogP contribution in [0.2, 0.25) is 0 Å². The Morgan fingerprint density at radius 1 is 1.75 bits per heavy atom. The Labute approximate surface area is 47.4 Å². The van der Waals surface area contributed by atoms with Crippen LogP contribution in [0.1, 0.15) is 12.8 Å². The quantitative estimate of drug-likeness (QED) is 0.437. The van der Waals surface area contributed by atoms with Crippen LogP contribution in [0.5, 0.6) is 0 Å². The molecule has 1 heterocycles. The molecule has 1 atom stereocenters. The highest BCUT2D eigenvalue weighted by molar-refractivity contribution is 4.92. The summed E-state index contributed by atoms with van der Waals surface area (Å²) in [6.07, 6.45) is 1.50. The van der Waals surface area contributed by atoms with E-state index in [4.69, 9.17) is 5.26 Å². The number of nitrogens with zero attached hydrogens (tertiary/aromatic N) is 2. The molecule has 0 unspecified atom stereocenters. The van der Waals surface area contributed by atoms with Crippen molar-refractivity contribution >= 4 is 0 Å². The van der Waals surface area contributed by atoms with Crippen molar-refractivity contribution in [3.05, 3.63) is 0 Å². The Kier molecular flexibility index (Phi) is 1.45. The Bertz CT molecular complexity index is 118. The average molecular weight is 114 g/mol. The Morgan fingerprint density at radius 2 is 2.50 bits per heavy atom. The molecule has 3 heteroatoms. The number of hydrogen-bond acceptors (Lipinski definition) is 2. The fourth-order valence-corrected chi connectivity index (χ4v) is 0.859. The van der Waals surface area contributed by atoms with Gasteiger partial charge in [-0.3, -0.25) is 0 Å². The summed E-state index contributed by atoms with van der Waals surface area (Å²) >= 11 is 0. The largest absolute Gasteiger partial charge is 0.196 e. The van der Waals surface area contributed by atoms with Crippen molar-refractivity contribution in [1.82, 2.24) is 5.12 Å². The van der Waals surface area contributed by atoms with Crippen LogP contribution in [0, 0.1) is 11.3 Å². The summed E-state index contributed by atoms with van der Waals surface area (Å²) in [7, 11) is 0. The molecule has 0 spiro atoms. The minimum atomic E-state index is -0.463. The Balaban J connectivity index is 2.45. The number of nitriles is 1. The van der Waals surface area contributed by atoms with Gasteiger partial charge >= 0.3 is 0 Å². The zero-order valence-electron chi connectivity index (χ0n) is 4.47. The molecule has 0 bridgehead atoms. The van der Waals surface area contributed by atoms with Crippen molar-refractivity contribution in [2.45, 2.75) is 18.9 Å². The first-order valence-corrected chi connectivity index (χ1v) is 2.66. The normalized spacial score (nSPS) is 30.2. The SMILES string of the molecule is N#C[C@@H]1CCCN1F. The molecule has 1 rings (SSSR count). The van der Waals surface area contributed by atoms with Gasteiger partial charge in [0.05, 0.1) is 6.07 Å². The zero-order valence-corrected chi connectivity index (χ0v) is 4.47. The summed E-state index contributed by atoms with van der Waals surface area (Å²) in [6.45, 7) is 0.429. The monoisotopic (exact) mass is 114 g/mol. The van der Waals surface area contributed by atoms with E-state index in [-0.39, 0.29) is 0 Å². The summed E-state index contributed by atoms with van der Waals surface area (Å²) < 4.78 is 12.2. The molecular weight excluding hydrogens is 107 g/mol. The van der Waals surface area contributed by atoms with Gasteiger partial charge in [0.2, 0.25) is 0 Å². The van der Waals surface area contributed by atoms with Gasteiger partial charge in [-0.15, -0.1) is 9.60 Å². The van der Waals surface area contributed by atoms with Crippen LogP contribution in [0.4, 0.5) is 4.48 Å². The maximum absolute atomic E-state index is 12.2. The maximum atomic E-state index is 12.2. The van der Waals surface area contributed by atoms with Gasteiger partial charge in [-0.05, 0) is 12.8 Å². The predicted molar refractivity (Wildman–Crippen MR) is 26.4 cm³/mol. The molecule has 0 aromatic carbocycles. The van der Waals surface area contributed by atoms with Gasteiger partial charge < -0.3 is 0 Å². The molecule has 0 radical (unpaired) electrons. The Morgan fingerprint density at radius 3 is 2.75 bits per heavy atom. The smallest absolute Gasteiger partial charge is 0.127 e. The summed E-state index contributed by atoms with van der Waals surface area (Å²) in [5.41, 5.74) is 0. The third kappa shape index (κ3) is 0.797. The molecule has 0 saturated carbocycles.